The zero-order valence-corrected chi connectivity index (χ0v) is 30.4. The summed E-state index contributed by atoms with van der Waals surface area (Å²) >= 11 is 0. The maximum Gasteiger partial charge on any atom is 0.0560 e. The number of hydrogen-bond acceptors (Lipinski definition) is 1. The van der Waals surface area contributed by atoms with Crippen molar-refractivity contribution in [3.63, 3.8) is 0 Å². The largest absolute Gasteiger partial charge is 0.334 e. The molecule has 0 aromatic heterocycles. The summed E-state index contributed by atoms with van der Waals surface area (Å²) in [6.45, 7) is 2.01. The number of allylic oxidation sites excluding steroid dienone is 6. The van der Waals surface area contributed by atoms with E-state index < -0.39 is 0 Å². The summed E-state index contributed by atoms with van der Waals surface area (Å²) < 4.78 is 0. The van der Waals surface area contributed by atoms with Crippen LogP contribution < -0.4 is 4.90 Å². The van der Waals surface area contributed by atoms with Crippen molar-refractivity contribution in [3.05, 3.63) is 217 Å². The van der Waals surface area contributed by atoms with Crippen LogP contribution in [0.1, 0.15) is 24.5 Å². The number of benzene rings is 7. The predicted molar refractivity (Wildman–Crippen MR) is 232 cm³/mol. The molecule has 0 heterocycles. The number of hydrogen-bond donors (Lipinski definition) is 0. The second-order valence-electron chi connectivity index (χ2n) is 13.6. The molecule has 0 amide bonds. The van der Waals surface area contributed by atoms with Crippen molar-refractivity contribution in [2.75, 3.05) is 4.90 Å². The molecule has 7 aromatic carbocycles. The van der Waals surface area contributed by atoms with Crippen molar-refractivity contribution >= 4 is 33.3 Å². The van der Waals surface area contributed by atoms with Crippen molar-refractivity contribution in [2.45, 2.75) is 19.4 Å². The van der Waals surface area contributed by atoms with Gasteiger partial charge in [0.05, 0.1) is 11.7 Å². The Balaban J connectivity index is 1.18. The molecule has 1 aliphatic carbocycles. The number of nitrogens with zero attached hydrogens (tertiary/aromatic N) is 1. The number of terminal acetylenes is 1. The third kappa shape index (κ3) is 7.11. The minimum atomic E-state index is 0.0546. The van der Waals surface area contributed by atoms with Crippen LogP contribution >= 0.6 is 0 Å². The fourth-order valence-corrected chi connectivity index (χ4v) is 7.52. The van der Waals surface area contributed by atoms with Gasteiger partial charge in [-0.1, -0.05) is 176 Å². The maximum atomic E-state index is 6.17. The molecule has 1 nitrogen and oxygen atoms in total. The molecular formula is C53H41N. The molecular weight excluding hydrogens is 651 g/mol. The maximum absolute atomic E-state index is 6.17. The van der Waals surface area contributed by atoms with E-state index in [0.717, 1.165) is 34.5 Å². The van der Waals surface area contributed by atoms with Gasteiger partial charge >= 0.3 is 0 Å². The van der Waals surface area contributed by atoms with E-state index in [9.17, 15) is 0 Å². The highest BCUT2D eigenvalue weighted by molar-refractivity contribution is 5.91. The second kappa shape index (κ2) is 15.8. The van der Waals surface area contributed by atoms with E-state index >= 15 is 0 Å². The average Bonchev–Trinajstić information content (AvgIpc) is 3.25. The smallest absolute Gasteiger partial charge is 0.0560 e. The van der Waals surface area contributed by atoms with Gasteiger partial charge in [0.2, 0.25) is 0 Å². The lowest BCUT2D eigenvalue weighted by atomic mass is 9.91. The number of anilines is 2. The van der Waals surface area contributed by atoms with Crippen LogP contribution in [0.4, 0.5) is 11.4 Å². The minimum Gasteiger partial charge on any atom is -0.334 e. The van der Waals surface area contributed by atoms with Crippen molar-refractivity contribution in [1.82, 2.24) is 0 Å². The zero-order valence-electron chi connectivity index (χ0n) is 30.4. The number of para-hydroxylation sites is 1. The van der Waals surface area contributed by atoms with E-state index in [0.29, 0.717) is 0 Å². The van der Waals surface area contributed by atoms with Crippen LogP contribution in [0.25, 0.3) is 55.3 Å². The molecule has 0 fully saturated rings. The average molecular weight is 692 g/mol. The highest BCUT2D eigenvalue weighted by atomic mass is 15.2. The van der Waals surface area contributed by atoms with Crippen LogP contribution in [0, 0.1) is 12.3 Å². The zero-order chi connectivity index (χ0) is 36.7. The van der Waals surface area contributed by atoms with E-state index in [-0.39, 0.29) is 6.04 Å². The van der Waals surface area contributed by atoms with Gasteiger partial charge < -0.3 is 4.90 Å². The minimum absolute atomic E-state index is 0.0546. The van der Waals surface area contributed by atoms with Crippen LogP contribution in [0.2, 0.25) is 0 Å². The Labute approximate surface area is 319 Å². The highest BCUT2D eigenvalue weighted by Crippen LogP contribution is 2.40. The fraction of sp³-hybridized carbons (Fsp3) is 0.0566. The Morgan fingerprint density at radius 2 is 1.28 bits per heavy atom. The monoisotopic (exact) mass is 691 g/mol. The first kappa shape index (κ1) is 34.2. The number of fused-ring (bicyclic) bond motifs is 1. The summed E-state index contributed by atoms with van der Waals surface area (Å²) in [5.74, 6) is 2.98. The first-order valence-electron chi connectivity index (χ1n) is 18.6. The molecule has 1 heteroatoms. The van der Waals surface area contributed by atoms with Crippen molar-refractivity contribution in [1.29, 1.82) is 0 Å². The summed E-state index contributed by atoms with van der Waals surface area (Å²) in [6.07, 6.45) is 20.1. The van der Waals surface area contributed by atoms with Crippen molar-refractivity contribution in [3.8, 4) is 45.7 Å². The highest BCUT2D eigenvalue weighted by Gasteiger charge is 2.24. The Kier molecular flexibility index (Phi) is 10.0. The Hall–Kier alpha value is -6.88. The molecule has 0 bridgehead atoms. The van der Waals surface area contributed by atoms with Gasteiger partial charge in [-0.2, -0.15) is 0 Å². The van der Waals surface area contributed by atoms with E-state index in [1.54, 1.807) is 0 Å². The Morgan fingerprint density at radius 3 is 2.07 bits per heavy atom. The molecule has 0 aliphatic heterocycles. The first-order valence-corrected chi connectivity index (χ1v) is 18.6. The van der Waals surface area contributed by atoms with Crippen LogP contribution in [0.3, 0.4) is 0 Å². The summed E-state index contributed by atoms with van der Waals surface area (Å²) in [5.41, 5.74) is 13.7. The van der Waals surface area contributed by atoms with Crippen LogP contribution in [0.15, 0.2) is 206 Å². The molecule has 1 unspecified atom stereocenters. The Bertz CT molecular complexity index is 2610. The molecule has 0 radical (unpaired) electrons. The summed E-state index contributed by atoms with van der Waals surface area (Å²) in [5, 5.41) is 2.51. The van der Waals surface area contributed by atoms with Gasteiger partial charge in [0.15, 0.2) is 0 Å². The third-order valence-electron chi connectivity index (χ3n) is 10.2. The summed E-state index contributed by atoms with van der Waals surface area (Å²) in [4.78, 5) is 2.46. The summed E-state index contributed by atoms with van der Waals surface area (Å²) in [6, 6.07) is 60.9. The van der Waals surface area contributed by atoms with Gasteiger partial charge in [-0.3, -0.25) is 0 Å². The topological polar surface area (TPSA) is 3.24 Å². The summed E-state index contributed by atoms with van der Waals surface area (Å²) in [7, 11) is 0. The standard InChI is InChI=1S/C53H41N/c1-3-5-17-39(4-2)52-28-13-14-29-53(52)54(49-25-16-24-47(38-49)51-27-12-11-26-50(51)42-19-7-6-8-20-42)48-34-32-41(33-35-48)44-22-15-23-45(36-44)46-31-30-40-18-9-10-21-43(40)37-46/h2-3,5-34,36-38,48H,35H2,1H3/b5-3-,39-17+. The van der Waals surface area contributed by atoms with Crippen molar-refractivity contribution < 1.29 is 0 Å². The molecule has 1 aliphatic rings. The van der Waals surface area contributed by atoms with E-state index in [1.165, 1.54) is 49.7 Å². The molecule has 1 atom stereocenters. The van der Waals surface area contributed by atoms with Gasteiger partial charge in [-0.05, 0) is 105 Å². The van der Waals surface area contributed by atoms with Gasteiger partial charge in [0.25, 0.3) is 0 Å². The molecule has 8 rings (SSSR count). The number of rotatable bonds is 9. The van der Waals surface area contributed by atoms with Gasteiger partial charge in [-0.15, -0.1) is 6.42 Å². The van der Waals surface area contributed by atoms with E-state index in [2.05, 4.69) is 199 Å². The van der Waals surface area contributed by atoms with E-state index in [1.807, 2.05) is 25.2 Å². The molecule has 0 N–H and O–H groups in total. The SMILES string of the molecule is C#C/C(=C\C=C/C)c1ccccc1N(c1cccc(-c2ccccc2-c2ccccc2)c1)C1C=CC(c2cccc(-c3ccc4ccccc4c3)c2)=CC1. The fourth-order valence-electron chi connectivity index (χ4n) is 7.52. The van der Waals surface area contributed by atoms with Crippen LogP contribution in [-0.2, 0) is 0 Å². The van der Waals surface area contributed by atoms with Gasteiger partial charge in [0, 0.05) is 16.8 Å². The lowest BCUT2D eigenvalue weighted by Gasteiger charge is -2.35. The second-order valence-corrected chi connectivity index (χ2v) is 13.6. The Morgan fingerprint density at radius 1 is 0.611 bits per heavy atom. The molecule has 54 heavy (non-hydrogen) atoms. The predicted octanol–water partition coefficient (Wildman–Crippen LogP) is 14.0. The normalized spacial score (nSPS) is 14.2. The molecule has 258 valence electrons. The quantitative estimate of drug-likeness (QED) is 0.108. The molecule has 0 saturated heterocycles. The first-order chi connectivity index (χ1) is 26.7. The van der Waals surface area contributed by atoms with Crippen molar-refractivity contribution in [2.24, 2.45) is 0 Å². The lowest BCUT2D eigenvalue weighted by molar-refractivity contribution is 0.786. The molecule has 7 aromatic rings. The molecule has 0 saturated carbocycles. The lowest BCUT2D eigenvalue weighted by Crippen LogP contribution is -2.31. The van der Waals surface area contributed by atoms with Gasteiger partial charge in [0.1, 0.15) is 0 Å². The molecule has 0 spiro atoms. The third-order valence-corrected chi connectivity index (χ3v) is 10.2. The van der Waals surface area contributed by atoms with E-state index in [4.69, 9.17) is 6.42 Å². The van der Waals surface area contributed by atoms with Crippen LogP contribution in [0.5, 0.6) is 0 Å². The van der Waals surface area contributed by atoms with Crippen LogP contribution in [-0.4, -0.2) is 6.04 Å². The van der Waals surface area contributed by atoms with Gasteiger partial charge in [-0.25, -0.2) is 0 Å².